The van der Waals surface area contributed by atoms with Gasteiger partial charge in [-0.25, -0.2) is 4.98 Å². The van der Waals surface area contributed by atoms with E-state index in [0.717, 1.165) is 48.2 Å². The zero-order valence-electron chi connectivity index (χ0n) is 23.3. The van der Waals surface area contributed by atoms with Crippen molar-refractivity contribution in [1.29, 1.82) is 0 Å². The number of hydrogen-bond acceptors (Lipinski definition) is 6. The molecule has 9 heteroatoms. The number of ketones is 1. The first-order valence-electron chi connectivity index (χ1n) is 13.5. The smallest absolute Gasteiger partial charge is 0.257 e. The summed E-state index contributed by atoms with van der Waals surface area (Å²) in [6, 6.07) is 5.37. The number of H-pyrrole nitrogens is 1. The second-order valence-electron chi connectivity index (χ2n) is 10.2. The van der Waals surface area contributed by atoms with Gasteiger partial charge >= 0.3 is 0 Å². The quantitative estimate of drug-likeness (QED) is 0.179. The van der Waals surface area contributed by atoms with Gasteiger partial charge in [-0.3, -0.25) is 24.3 Å². The largest absolute Gasteiger partial charge is 0.339 e. The summed E-state index contributed by atoms with van der Waals surface area (Å²) in [5.74, 6) is -0.455. The Hall–Kier alpha value is -4.37. The number of aryl methyl sites for hydroxylation is 1. The molecule has 1 fully saturated rings. The van der Waals surface area contributed by atoms with Crippen LogP contribution in [0.15, 0.2) is 61.0 Å². The van der Waals surface area contributed by atoms with Crippen molar-refractivity contribution in [2.24, 2.45) is 0 Å². The van der Waals surface area contributed by atoms with Gasteiger partial charge in [0.1, 0.15) is 5.65 Å². The molecule has 0 spiro atoms. The monoisotopic (exact) mass is 540 g/mol. The van der Waals surface area contributed by atoms with Crippen LogP contribution >= 0.6 is 0 Å². The summed E-state index contributed by atoms with van der Waals surface area (Å²) in [4.78, 5) is 51.9. The lowest BCUT2D eigenvalue weighted by Crippen LogP contribution is -2.36. The molecule has 3 aromatic rings. The molecule has 1 saturated heterocycles. The SMILES string of the molecule is C=C(C)CC(=O)/C=C\C(=C/C)c1cc2cc(C(=O)Nc3cc(NC(=O)CN4CCCCC4)cnc3C)cnc2[nH]1. The minimum atomic E-state index is -0.338. The first kappa shape index (κ1) is 28.6. The van der Waals surface area contributed by atoms with E-state index in [1.54, 1.807) is 37.4 Å². The zero-order chi connectivity index (χ0) is 28.6. The number of aromatic nitrogens is 3. The molecule has 0 bridgehead atoms. The molecule has 9 nitrogen and oxygen atoms in total. The molecule has 208 valence electrons. The molecule has 2 amide bonds. The Balaban J connectivity index is 1.44. The number of fused-ring (bicyclic) bond motifs is 1. The number of amides is 2. The van der Waals surface area contributed by atoms with Crippen molar-refractivity contribution in [3.05, 3.63) is 77.9 Å². The number of nitrogens with one attached hydrogen (secondary N) is 3. The van der Waals surface area contributed by atoms with Gasteiger partial charge in [-0.15, -0.1) is 0 Å². The van der Waals surface area contributed by atoms with E-state index in [1.807, 2.05) is 26.0 Å². The van der Waals surface area contributed by atoms with E-state index in [-0.39, 0.29) is 17.6 Å². The summed E-state index contributed by atoms with van der Waals surface area (Å²) >= 11 is 0. The Labute approximate surface area is 234 Å². The van der Waals surface area contributed by atoms with Crippen molar-refractivity contribution in [1.82, 2.24) is 19.9 Å². The summed E-state index contributed by atoms with van der Waals surface area (Å²) in [5.41, 5.74) is 5.11. The summed E-state index contributed by atoms with van der Waals surface area (Å²) in [6.45, 7) is 11.5. The molecule has 0 aromatic carbocycles. The third-order valence-corrected chi connectivity index (χ3v) is 6.71. The molecule has 4 rings (SSSR count). The van der Waals surface area contributed by atoms with Gasteiger partial charge in [0, 0.05) is 23.7 Å². The van der Waals surface area contributed by atoms with Crippen LogP contribution in [0, 0.1) is 6.92 Å². The molecule has 4 heterocycles. The van der Waals surface area contributed by atoms with E-state index >= 15 is 0 Å². The Bertz CT molecular complexity index is 1490. The highest BCUT2D eigenvalue weighted by molar-refractivity contribution is 6.06. The van der Waals surface area contributed by atoms with Gasteiger partial charge in [-0.2, -0.15) is 0 Å². The lowest BCUT2D eigenvalue weighted by Gasteiger charge is -2.25. The molecule has 3 aromatic heterocycles. The Morgan fingerprint density at radius 2 is 1.82 bits per heavy atom. The van der Waals surface area contributed by atoms with Crippen molar-refractivity contribution in [2.75, 3.05) is 30.3 Å². The topological polar surface area (TPSA) is 120 Å². The van der Waals surface area contributed by atoms with Crippen molar-refractivity contribution in [3.63, 3.8) is 0 Å². The van der Waals surface area contributed by atoms with Crippen LogP contribution in [0.4, 0.5) is 11.4 Å². The lowest BCUT2D eigenvalue weighted by molar-refractivity contribution is -0.117. The van der Waals surface area contributed by atoms with E-state index in [0.29, 0.717) is 41.2 Å². The summed E-state index contributed by atoms with van der Waals surface area (Å²) < 4.78 is 0. The second-order valence-corrected chi connectivity index (χ2v) is 10.2. The number of rotatable bonds is 10. The predicted octanol–water partition coefficient (Wildman–Crippen LogP) is 5.44. The van der Waals surface area contributed by atoms with E-state index in [1.165, 1.54) is 12.6 Å². The molecular weight excluding hydrogens is 504 g/mol. The van der Waals surface area contributed by atoms with E-state index in [4.69, 9.17) is 0 Å². The van der Waals surface area contributed by atoms with E-state index in [2.05, 4.69) is 37.1 Å². The molecule has 3 N–H and O–H groups in total. The average Bonchev–Trinajstić information content (AvgIpc) is 3.34. The predicted molar refractivity (Wildman–Crippen MR) is 159 cm³/mol. The van der Waals surface area contributed by atoms with Gasteiger partial charge in [-0.1, -0.05) is 24.6 Å². The third kappa shape index (κ3) is 7.60. The van der Waals surface area contributed by atoms with Crippen LogP contribution in [0.25, 0.3) is 16.6 Å². The maximum absolute atomic E-state index is 13.1. The number of piperidine rings is 1. The zero-order valence-corrected chi connectivity index (χ0v) is 23.3. The Kier molecular flexibility index (Phi) is 9.39. The number of likely N-dealkylation sites (tertiary alicyclic amines) is 1. The number of hydrogen-bond donors (Lipinski definition) is 3. The van der Waals surface area contributed by atoms with Gasteiger partial charge in [0.15, 0.2) is 5.78 Å². The van der Waals surface area contributed by atoms with Gasteiger partial charge in [0.05, 0.1) is 35.4 Å². The normalized spacial score (nSPS) is 14.4. The van der Waals surface area contributed by atoms with Gasteiger partial charge in [0.2, 0.25) is 5.91 Å². The highest BCUT2D eigenvalue weighted by Gasteiger charge is 2.16. The number of pyridine rings is 2. The van der Waals surface area contributed by atoms with E-state index < -0.39 is 0 Å². The Morgan fingerprint density at radius 1 is 1.05 bits per heavy atom. The van der Waals surface area contributed by atoms with Crippen LogP contribution in [0.2, 0.25) is 0 Å². The number of carbonyl (C=O) groups excluding carboxylic acids is 3. The molecule has 40 heavy (non-hydrogen) atoms. The maximum Gasteiger partial charge on any atom is 0.257 e. The second kappa shape index (κ2) is 13.1. The van der Waals surface area contributed by atoms with Crippen molar-refractivity contribution in [2.45, 2.75) is 46.5 Å². The van der Waals surface area contributed by atoms with Crippen LogP contribution in [0.3, 0.4) is 0 Å². The maximum atomic E-state index is 13.1. The molecular formula is C31H36N6O3. The summed E-state index contributed by atoms with van der Waals surface area (Å²) in [7, 11) is 0. The highest BCUT2D eigenvalue weighted by Crippen LogP contribution is 2.23. The standard InChI is InChI=1S/C31H36N6O3/c1-5-22(9-10-26(38)13-20(2)3)28-15-23-14-24(17-33-30(23)35-28)31(40)36-27-16-25(18-32-21(27)4)34-29(39)19-37-11-7-6-8-12-37/h5,9-10,14-18H,2,6-8,11-13,19H2,1,3-4H3,(H,33,35)(H,34,39)(H,36,40)/b10-9-,22-5+. The van der Waals surface area contributed by atoms with Crippen LogP contribution < -0.4 is 10.6 Å². The minimum absolute atomic E-state index is 0.0181. The number of nitrogens with zero attached hydrogens (tertiary/aromatic N) is 3. The van der Waals surface area contributed by atoms with Gasteiger partial charge < -0.3 is 15.6 Å². The highest BCUT2D eigenvalue weighted by atomic mass is 16.2. The van der Waals surface area contributed by atoms with Gasteiger partial charge in [0.25, 0.3) is 5.91 Å². The van der Waals surface area contributed by atoms with Crippen molar-refractivity contribution >= 4 is 45.6 Å². The number of carbonyl (C=O) groups is 3. The number of aromatic amines is 1. The van der Waals surface area contributed by atoms with Crippen molar-refractivity contribution in [3.8, 4) is 0 Å². The first-order valence-corrected chi connectivity index (χ1v) is 13.5. The fourth-order valence-electron chi connectivity index (χ4n) is 4.62. The summed E-state index contributed by atoms with van der Waals surface area (Å²) in [6.07, 6.45) is 12.1. The summed E-state index contributed by atoms with van der Waals surface area (Å²) in [5, 5.41) is 6.55. The van der Waals surface area contributed by atoms with Crippen LogP contribution in [-0.4, -0.2) is 57.1 Å². The van der Waals surface area contributed by atoms with Crippen LogP contribution in [-0.2, 0) is 9.59 Å². The molecule has 0 atom stereocenters. The number of anilines is 2. The molecule has 0 unspecified atom stereocenters. The number of allylic oxidation sites excluding steroid dienone is 5. The Morgan fingerprint density at radius 3 is 2.55 bits per heavy atom. The fourth-order valence-corrected chi connectivity index (χ4v) is 4.62. The lowest BCUT2D eigenvalue weighted by atomic mass is 10.1. The average molecular weight is 541 g/mol. The molecule has 1 aliphatic heterocycles. The molecule has 0 radical (unpaired) electrons. The third-order valence-electron chi connectivity index (χ3n) is 6.71. The fraction of sp³-hybridized carbons (Fsp3) is 0.323. The van der Waals surface area contributed by atoms with Gasteiger partial charge in [-0.05, 0) is 82.6 Å². The first-order chi connectivity index (χ1) is 19.2. The van der Waals surface area contributed by atoms with Crippen LogP contribution in [0.5, 0.6) is 0 Å². The van der Waals surface area contributed by atoms with Crippen molar-refractivity contribution < 1.29 is 14.4 Å². The molecule has 0 aliphatic carbocycles. The van der Waals surface area contributed by atoms with Crippen LogP contribution in [0.1, 0.15) is 61.3 Å². The molecule has 0 saturated carbocycles. The minimum Gasteiger partial charge on any atom is -0.339 e. The molecule has 1 aliphatic rings. The van der Waals surface area contributed by atoms with E-state index in [9.17, 15) is 14.4 Å².